The maximum absolute atomic E-state index is 10.5. The summed E-state index contributed by atoms with van der Waals surface area (Å²) in [6, 6.07) is 8.54. The fraction of sp³-hybridized carbons (Fsp3) is 0.286. The highest BCUT2D eigenvalue weighted by molar-refractivity contribution is 5.42. The lowest BCUT2D eigenvalue weighted by molar-refractivity contribution is -0.402. The van der Waals surface area contributed by atoms with E-state index in [0.29, 0.717) is 30.3 Å². The van der Waals surface area contributed by atoms with Crippen LogP contribution in [0.25, 0.3) is 0 Å². The number of nitrogens with zero attached hydrogens (tertiary/aromatic N) is 1. The van der Waals surface area contributed by atoms with E-state index < -0.39 is 4.92 Å². The first-order valence-electron chi connectivity index (χ1n) is 6.28. The first-order chi connectivity index (χ1) is 10.1. The molecule has 7 nitrogen and oxygen atoms in total. The highest BCUT2D eigenvalue weighted by Crippen LogP contribution is 2.27. The molecule has 1 aromatic heterocycles. The lowest BCUT2D eigenvalue weighted by atomic mass is 10.2. The summed E-state index contributed by atoms with van der Waals surface area (Å²) >= 11 is 0. The van der Waals surface area contributed by atoms with E-state index in [1.807, 2.05) is 18.2 Å². The Morgan fingerprint density at radius 3 is 2.52 bits per heavy atom. The molecule has 0 unspecified atom stereocenters. The summed E-state index contributed by atoms with van der Waals surface area (Å²) in [6.07, 6.45) is 0. The van der Waals surface area contributed by atoms with Crippen LogP contribution in [-0.4, -0.2) is 19.1 Å². The van der Waals surface area contributed by atoms with Crippen LogP contribution in [0.15, 0.2) is 34.7 Å². The van der Waals surface area contributed by atoms with Gasteiger partial charge in [0, 0.05) is 6.54 Å². The summed E-state index contributed by atoms with van der Waals surface area (Å²) in [5.74, 6) is 1.59. The third-order valence-electron chi connectivity index (χ3n) is 2.90. The Balaban J connectivity index is 1.92. The number of methoxy groups -OCH3 is 2. The predicted octanol–water partition coefficient (Wildman–Crippen LogP) is 2.49. The second-order valence-electron chi connectivity index (χ2n) is 4.29. The molecule has 1 aromatic carbocycles. The van der Waals surface area contributed by atoms with Crippen molar-refractivity contribution in [1.82, 2.24) is 5.32 Å². The monoisotopic (exact) mass is 292 g/mol. The van der Waals surface area contributed by atoms with Gasteiger partial charge < -0.3 is 19.2 Å². The molecular formula is C14H16N2O5. The van der Waals surface area contributed by atoms with Gasteiger partial charge in [-0.25, -0.2) is 0 Å². The molecule has 2 aromatic rings. The quantitative estimate of drug-likeness (QED) is 0.623. The van der Waals surface area contributed by atoms with E-state index in [2.05, 4.69) is 5.32 Å². The van der Waals surface area contributed by atoms with Crippen molar-refractivity contribution < 1.29 is 18.8 Å². The van der Waals surface area contributed by atoms with Gasteiger partial charge in [-0.3, -0.25) is 10.1 Å². The normalized spacial score (nSPS) is 10.4. The largest absolute Gasteiger partial charge is 0.493 e. The van der Waals surface area contributed by atoms with Gasteiger partial charge in [0.2, 0.25) is 0 Å². The summed E-state index contributed by atoms with van der Waals surface area (Å²) in [6.45, 7) is 0.983. The van der Waals surface area contributed by atoms with Crippen molar-refractivity contribution in [2.24, 2.45) is 0 Å². The van der Waals surface area contributed by atoms with E-state index in [-0.39, 0.29) is 5.88 Å². The van der Waals surface area contributed by atoms with E-state index >= 15 is 0 Å². The van der Waals surface area contributed by atoms with Crippen molar-refractivity contribution in [3.63, 3.8) is 0 Å². The lowest BCUT2D eigenvalue weighted by Gasteiger charge is -2.09. The molecule has 0 saturated heterocycles. The molecule has 0 aliphatic rings. The van der Waals surface area contributed by atoms with Gasteiger partial charge >= 0.3 is 5.88 Å². The molecule has 0 aliphatic heterocycles. The molecule has 1 heterocycles. The number of nitrogens with one attached hydrogen (secondary N) is 1. The minimum absolute atomic E-state index is 0.252. The Bertz CT molecular complexity index is 624. The first-order valence-corrected chi connectivity index (χ1v) is 6.28. The van der Waals surface area contributed by atoms with Gasteiger partial charge in [-0.1, -0.05) is 6.07 Å². The van der Waals surface area contributed by atoms with Gasteiger partial charge in [0.1, 0.15) is 10.7 Å². The van der Waals surface area contributed by atoms with Crippen molar-refractivity contribution in [3.8, 4) is 11.5 Å². The molecule has 0 amide bonds. The zero-order valence-electron chi connectivity index (χ0n) is 11.8. The Hall–Kier alpha value is -2.54. The second-order valence-corrected chi connectivity index (χ2v) is 4.29. The molecular weight excluding hydrogens is 276 g/mol. The average molecular weight is 292 g/mol. The summed E-state index contributed by atoms with van der Waals surface area (Å²) in [4.78, 5) is 9.95. The summed E-state index contributed by atoms with van der Waals surface area (Å²) in [5, 5.41) is 13.7. The van der Waals surface area contributed by atoms with Crippen molar-refractivity contribution >= 4 is 5.88 Å². The van der Waals surface area contributed by atoms with E-state index in [1.54, 1.807) is 20.3 Å². The van der Waals surface area contributed by atoms with Gasteiger partial charge in [-0.05, 0) is 23.8 Å². The van der Waals surface area contributed by atoms with E-state index in [9.17, 15) is 10.1 Å². The van der Waals surface area contributed by atoms with Crippen LogP contribution in [0.5, 0.6) is 11.5 Å². The van der Waals surface area contributed by atoms with Crippen LogP contribution in [0.4, 0.5) is 5.88 Å². The number of hydrogen-bond donors (Lipinski definition) is 1. The molecule has 7 heteroatoms. The standard InChI is InChI=1S/C14H16N2O5/c1-19-12-5-3-10(7-13(12)20-2)8-15-9-11-4-6-14(21-11)16(17)18/h3-7,15H,8-9H2,1-2H3. The number of ether oxygens (including phenoxy) is 2. The minimum atomic E-state index is -0.558. The highest BCUT2D eigenvalue weighted by Gasteiger charge is 2.11. The summed E-state index contributed by atoms with van der Waals surface area (Å²) in [7, 11) is 3.16. The maximum Gasteiger partial charge on any atom is 0.433 e. The fourth-order valence-electron chi connectivity index (χ4n) is 1.88. The van der Waals surface area contributed by atoms with Gasteiger partial charge in [-0.2, -0.15) is 0 Å². The zero-order chi connectivity index (χ0) is 15.2. The maximum atomic E-state index is 10.5. The molecule has 0 fully saturated rings. The SMILES string of the molecule is COc1ccc(CNCc2ccc([N+](=O)[O-])o2)cc1OC. The van der Waals surface area contributed by atoms with Crippen molar-refractivity contribution in [3.05, 3.63) is 51.8 Å². The number of rotatable bonds is 7. The minimum Gasteiger partial charge on any atom is -0.493 e. The molecule has 0 spiro atoms. The van der Waals surface area contributed by atoms with E-state index in [0.717, 1.165) is 5.56 Å². The molecule has 1 N–H and O–H groups in total. The Morgan fingerprint density at radius 1 is 1.14 bits per heavy atom. The third-order valence-corrected chi connectivity index (χ3v) is 2.90. The Labute approximate surface area is 121 Å². The van der Waals surface area contributed by atoms with E-state index in [4.69, 9.17) is 13.9 Å². The van der Waals surface area contributed by atoms with E-state index in [1.165, 1.54) is 6.07 Å². The number of benzene rings is 1. The Kier molecular flexibility index (Phi) is 4.78. The van der Waals surface area contributed by atoms with Gasteiger partial charge in [0.15, 0.2) is 11.5 Å². The van der Waals surface area contributed by atoms with Crippen LogP contribution >= 0.6 is 0 Å². The second kappa shape index (κ2) is 6.76. The van der Waals surface area contributed by atoms with Gasteiger partial charge in [0.25, 0.3) is 0 Å². The van der Waals surface area contributed by atoms with Crippen molar-refractivity contribution in [2.45, 2.75) is 13.1 Å². The van der Waals surface area contributed by atoms with Crippen LogP contribution in [-0.2, 0) is 13.1 Å². The molecule has 0 radical (unpaired) electrons. The lowest BCUT2D eigenvalue weighted by Crippen LogP contribution is -2.12. The highest BCUT2D eigenvalue weighted by atomic mass is 16.6. The summed E-state index contributed by atoms with van der Waals surface area (Å²) < 4.78 is 15.4. The van der Waals surface area contributed by atoms with Gasteiger partial charge in [0.05, 0.1) is 26.8 Å². The van der Waals surface area contributed by atoms with Crippen LogP contribution in [0.2, 0.25) is 0 Å². The molecule has 0 saturated carbocycles. The third kappa shape index (κ3) is 3.73. The van der Waals surface area contributed by atoms with Crippen LogP contribution in [0, 0.1) is 10.1 Å². The molecule has 21 heavy (non-hydrogen) atoms. The molecule has 112 valence electrons. The smallest absolute Gasteiger partial charge is 0.433 e. The topological polar surface area (TPSA) is 86.8 Å². The summed E-state index contributed by atoms with van der Waals surface area (Å²) in [5.41, 5.74) is 1.01. The fourth-order valence-corrected chi connectivity index (χ4v) is 1.88. The van der Waals surface area contributed by atoms with Crippen LogP contribution in [0.3, 0.4) is 0 Å². The zero-order valence-corrected chi connectivity index (χ0v) is 11.8. The van der Waals surface area contributed by atoms with Crippen molar-refractivity contribution in [2.75, 3.05) is 14.2 Å². The van der Waals surface area contributed by atoms with Crippen molar-refractivity contribution in [1.29, 1.82) is 0 Å². The number of nitro groups is 1. The molecule has 0 aliphatic carbocycles. The van der Waals surface area contributed by atoms with Crippen LogP contribution < -0.4 is 14.8 Å². The Morgan fingerprint density at radius 2 is 1.90 bits per heavy atom. The van der Waals surface area contributed by atoms with Gasteiger partial charge in [-0.15, -0.1) is 0 Å². The first kappa shape index (κ1) is 14.9. The number of furan rings is 1. The number of hydrogen-bond acceptors (Lipinski definition) is 6. The average Bonchev–Trinajstić information content (AvgIpc) is 2.96. The van der Waals surface area contributed by atoms with Crippen LogP contribution in [0.1, 0.15) is 11.3 Å². The predicted molar refractivity (Wildman–Crippen MR) is 75.5 cm³/mol. The molecule has 0 atom stereocenters. The molecule has 2 rings (SSSR count). The molecule has 0 bridgehead atoms.